The van der Waals surface area contributed by atoms with Crippen LogP contribution < -0.4 is 10.2 Å². The van der Waals surface area contributed by atoms with Crippen molar-refractivity contribution in [3.8, 4) is 6.07 Å². The van der Waals surface area contributed by atoms with Gasteiger partial charge in [0.2, 0.25) is 11.8 Å². The number of carbonyl (C=O) groups excluding carboxylic acids is 2. The third-order valence-corrected chi connectivity index (χ3v) is 4.71. The van der Waals surface area contributed by atoms with Gasteiger partial charge >= 0.3 is 0 Å². The van der Waals surface area contributed by atoms with Gasteiger partial charge < -0.3 is 10.2 Å². The van der Waals surface area contributed by atoms with Crippen molar-refractivity contribution in [3.05, 3.63) is 59.7 Å². The second-order valence-corrected chi connectivity index (χ2v) is 6.96. The number of hydrogen-bond donors (Lipinski definition) is 1. The fourth-order valence-corrected chi connectivity index (χ4v) is 3.13. The zero-order valence-electron chi connectivity index (χ0n) is 15.0. The Bertz CT molecular complexity index is 896. The van der Waals surface area contributed by atoms with Crippen LogP contribution in [-0.4, -0.2) is 18.4 Å². The SMILES string of the molecule is CC(C)(C(=O)Nc1cccc(C#N)c1)C(=O)N1CCCc2ccccc21. The number of rotatable bonds is 3. The summed E-state index contributed by atoms with van der Waals surface area (Å²) in [5.74, 6) is -0.612. The Hall–Kier alpha value is -3.13. The minimum Gasteiger partial charge on any atom is -0.325 e. The van der Waals surface area contributed by atoms with E-state index in [2.05, 4.69) is 5.32 Å². The molecule has 1 aliphatic heterocycles. The summed E-state index contributed by atoms with van der Waals surface area (Å²) in [5.41, 5.74) is 1.75. The first-order valence-corrected chi connectivity index (χ1v) is 8.65. The van der Waals surface area contributed by atoms with Crippen molar-refractivity contribution in [1.29, 1.82) is 5.26 Å². The van der Waals surface area contributed by atoms with Crippen molar-refractivity contribution in [2.45, 2.75) is 26.7 Å². The minimum atomic E-state index is -1.23. The Morgan fingerprint density at radius 1 is 1.15 bits per heavy atom. The summed E-state index contributed by atoms with van der Waals surface area (Å²) in [6.07, 6.45) is 1.82. The molecule has 5 nitrogen and oxygen atoms in total. The summed E-state index contributed by atoms with van der Waals surface area (Å²) in [6.45, 7) is 3.88. The Morgan fingerprint density at radius 2 is 1.92 bits per heavy atom. The highest BCUT2D eigenvalue weighted by Crippen LogP contribution is 2.31. The van der Waals surface area contributed by atoms with E-state index in [4.69, 9.17) is 5.26 Å². The number of aryl methyl sites for hydroxylation is 1. The van der Waals surface area contributed by atoms with Gasteiger partial charge in [-0.2, -0.15) is 5.26 Å². The number of nitrogens with zero attached hydrogens (tertiary/aromatic N) is 2. The van der Waals surface area contributed by atoms with E-state index in [1.165, 1.54) is 0 Å². The lowest BCUT2D eigenvalue weighted by Crippen LogP contribution is -2.49. The first-order chi connectivity index (χ1) is 12.4. The molecule has 0 aromatic heterocycles. The van der Waals surface area contributed by atoms with Crippen LogP contribution in [0, 0.1) is 16.7 Å². The number of nitriles is 1. The van der Waals surface area contributed by atoms with Gasteiger partial charge in [0.15, 0.2) is 0 Å². The van der Waals surface area contributed by atoms with E-state index < -0.39 is 5.41 Å². The van der Waals surface area contributed by atoms with E-state index in [0.29, 0.717) is 17.8 Å². The molecule has 1 aliphatic rings. The van der Waals surface area contributed by atoms with E-state index >= 15 is 0 Å². The van der Waals surface area contributed by atoms with Crippen LogP contribution in [0.4, 0.5) is 11.4 Å². The van der Waals surface area contributed by atoms with E-state index in [9.17, 15) is 9.59 Å². The van der Waals surface area contributed by atoms with Crippen LogP contribution in [0.15, 0.2) is 48.5 Å². The standard InChI is InChI=1S/C21H21N3O2/c1-21(2,19(25)23-17-10-5-7-15(13-17)14-22)20(26)24-12-6-9-16-8-3-4-11-18(16)24/h3-5,7-8,10-11,13H,6,9,12H2,1-2H3,(H,23,25). The third kappa shape index (κ3) is 3.31. The molecule has 0 saturated heterocycles. The summed E-state index contributed by atoms with van der Waals surface area (Å²) in [4.78, 5) is 27.7. The highest BCUT2D eigenvalue weighted by molar-refractivity contribution is 6.15. The second-order valence-electron chi connectivity index (χ2n) is 6.96. The quantitative estimate of drug-likeness (QED) is 0.864. The van der Waals surface area contributed by atoms with Crippen molar-refractivity contribution in [1.82, 2.24) is 0 Å². The molecule has 0 unspecified atom stereocenters. The van der Waals surface area contributed by atoms with E-state index in [1.807, 2.05) is 30.3 Å². The summed E-state index contributed by atoms with van der Waals surface area (Å²) >= 11 is 0. The lowest BCUT2D eigenvalue weighted by Gasteiger charge is -2.35. The molecular weight excluding hydrogens is 326 g/mol. The van der Waals surface area contributed by atoms with Crippen LogP contribution in [0.2, 0.25) is 0 Å². The third-order valence-electron chi connectivity index (χ3n) is 4.71. The Morgan fingerprint density at radius 3 is 2.69 bits per heavy atom. The molecule has 5 heteroatoms. The predicted molar refractivity (Wildman–Crippen MR) is 101 cm³/mol. The smallest absolute Gasteiger partial charge is 0.242 e. The van der Waals surface area contributed by atoms with Crippen molar-refractivity contribution >= 4 is 23.2 Å². The molecule has 1 heterocycles. The zero-order valence-corrected chi connectivity index (χ0v) is 15.0. The van der Waals surface area contributed by atoms with Crippen molar-refractivity contribution in [3.63, 3.8) is 0 Å². The molecule has 132 valence electrons. The molecule has 0 bridgehead atoms. The highest BCUT2D eigenvalue weighted by Gasteiger charge is 2.40. The maximum Gasteiger partial charge on any atom is 0.242 e. The molecule has 3 rings (SSSR count). The fraction of sp³-hybridized carbons (Fsp3) is 0.286. The van der Waals surface area contributed by atoms with Gasteiger partial charge in [-0.3, -0.25) is 9.59 Å². The normalized spacial score (nSPS) is 13.5. The van der Waals surface area contributed by atoms with Crippen LogP contribution in [0.5, 0.6) is 0 Å². The lowest BCUT2D eigenvalue weighted by atomic mass is 9.88. The highest BCUT2D eigenvalue weighted by atomic mass is 16.2. The first kappa shape index (κ1) is 17.7. The van der Waals surface area contributed by atoms with Gasteiger partial charge in [0.1, 0.15) is 5.41 Å². The number of hydrogen-bond acceptors (Lipinski definition) is 3. The molecule has 1 N–H and O–H groups in total. The van der Waals surface area contributed by atoms with Gasteiger partial charge in [-0.1, -0.05) is 24.3 Å². The first-order valence-electron chi connectivity index (χ1n) is 8.65. The van der Waals surface area contributed by atoms with Crippen LogP contribution in [0.1, 0.15) is 31.4 Å². The van der Waals surface area contributed by atoms with E-state index in [0.717, 1.165) is 24.1 Å². The average molecular weight is 347 g/mol. The van der Waals surface area contributed by atoms with Gasteiger partial charge in [-0.05, 0) is 56.5 Å². The monoisotopic (exact) mass is 347 g/mol. The number of anilines is 2. The van der Waals surface area contributed by atoms with E-state index in [-0.39, 0.29) is 11.8 Å². The van der Waals surface area contributed by atoms with Crippen LogP contribution >= 0.6 is 0 Å². The fourth-order valence-electron chi connectivity index (χ4n) is 3.13. The van der Waals surface area contributed by atoms with Crippen molar-refractivity contribution < 1.29 is 9.59 Å². The molecule has 2 aromatic rings. The number of para-hydroxylation sites is 1. The van der Waals surface area contributed by atoms with Gasteiger partial charge in [0.05, 0.1) is 11.6 Å². The molecule has 0 saturated carbocycles. The summed E-state index contributed by atoms with van der Waals surface area (Å²) < 4.78 is 0. The topological polar surface area (TPSA) is 73.2 Å². The minimum absolute atomic E-state index is 0.224. The zero-order chi connectivity index (χ0) is 18.7. The second kappa shape index (κ2) is 7.01. The maximum absolute atomic E-state index is 13.2. The van der Waals surface area contributed by atoms with Gasteiger partial charge in [0.25, 0.3) is 0 Å². The number of fused-ring (bicyclic) bond motifs is 1. The maximum atomic E-state index is 13.2. The van der Waals surface area contributed by atoms with Crippen LogP contribution in [0.25, 0.3) is 0 Å². The number of benzene rings is 2. The molecule has 0 radical (unpaired) electrons. The number of carbonyl (C=O) groups is 2. The van der Waals surface area contributed by atoms with E-state index in [1.54, 1.807) is 43.0 Å². The number of nitrogens with one attached hydrogen (secondary N) is 1. The number of amides is 2. The molecule has 2 aromatic carbocycles. The molecule has 26 heavy (non-hydrogen) atoms. The Labute approximate surface area is 153 Å². The Balaban J connectivity index is 1.82. The molecule has 0 aliphatic carbocycles. The van der Waals surface area contributed by atoms with Crippen LogP contribution in [0.3, 0.4) is 0 Å². The molecule has 0 atom stereocenters. The average Bonchev–Trinajstić information content (AvgIpc) is 2.67. The Kier molecular flexibility index (Phi) is 4.77. The van der Waals surface area contributed by atoms with Crippen molar-refractivity contribution in [2.75, 3.05) is 16.8 Å². The molecule has 0 fully saturated rings. The largest absolute Gasteiger partial charge is 0.325 e. The molecular formula is C21H21N3O2. The van der Waals surface area contributed by atoms with Gasteiger partial charge in [-0.15, -0.1) is 0 Å². The predicted octanol–water partition coefficient (Wildman–Crippen LogP) is 3.50. The summed E-state index contributed by atoms with van der Waals surface area (Å²) in [6, 6.07) is 16.5. The van der Waals surface area contributed by atoms with Crippen LogP contribution in [-0.2, 0) is 16.0 Å². The molecule has 2 amide bonds. The van der Waals surface area contributed by atoms with Crippen molar-refractivity contribution in [2.24, 2.45) is 5.41 Å². The lowest BCUT2D eigenvalue weighted by molar-refractivity contribution is -0.136. The summed E-state index contributed by atoms with van der Waals surface area (Å²) in [5, 5.41) is 11.7. The summed E-state index contributed by atoms with van der Waals surface area (Å²) in [7, 11) is 0. The van der Waals surface area contributed by atoms with Gasteiger partial charge in [0, 0.05) is 17.9 Å². The molecule has 0 spiro atoms. The van der Waals surface area contributed by atoms with Gasteiger partial charge in [-0.25, -0.2) is 0 Å².